The fraction of sp³-hybridized carbons (Fsp3) is 0.188. The van der Waals surface area contributed by atoms with Gasteiger partial charge in [-0.3, -0.25) is 0 Å². The third-order valence-electron chi connectivity index (χ3n) is 3.38. The molecule has 0 spiro atoms. The number of nitrogens with zero attached hydrogens (tertiary/aromatic N) is 4. The van der Waals surface area contributed by atoms with Crippen LogP contribution in [0.3, 0.4) is 0 Å². The molecule has 6 nitrogen and oxygen atoms in total. The van der Waals surface area contributed by atoms with Crippen LogP contribution in [0.5, 0.6) is 5.75 Å². The maximum Gasteiger partial charge on any atom is 0.242 e. The SMILES string of the molecule is Cn1nnnc1NCc1cccc(OCc2ccc(F)cc2Cl)c1. The molecule has 0 radical (unpaired) electrons. The second-order valence-corrected chi connectivity index (χ2v) is 5.56. The molecule has 0 unspecified atom stereocenters. The average molecular weight is 348 g/mol. The molecule has 0 amide bonds. The van der Waals surface area contributed by atoms with Gasteiger partial charge >= 0.3 is 0 Å². The third kappa shape index (κ3) is 3.99. The lowest BCUT2D eigenvalue weighted by molar-refractivity contribution is 0.306. The van der Waals surface area contributed by atoms with E-state index in [1.807, 2.05) is 24.3 Å². The van der Waals surface area contributed by atoms with E-state index < -0.39 is 0 Å². The first-order valence-corrected chi connectivity index (χ1v) is 7.61. The van der Waals surface area contributed by atoms with E-state index in [0.29, 0.717) is 23.3 Å². The van der Waals surface area contributed by atoms with E-state index in [-0.39, 0.29) is 12.4 Å². The predicted molar refractivity (Wildman–Crippen MR) is 88.3 cm³/mol. The van der Waals surface area contributed by atoms with E-state index in [9.17, 15) is 4.39 Å². The summed E-state index contributed by atoms with van der Waals surface area (Å²) in [5.74, 6) is 0.917. The summed E-state index contributed by atoms with van der Waals surface area (Å²) in [4.78, 5) is 0. The molecule has 0 aliphatic carbocycles. The van der Waals surface area contributed by atoms with Gasteiger partial charge in [0.2, 0.25) is 5.95 Å². The van der Waals surface area contributed by atoms with Crippen molar-refractivity contribution in [3.05, 3.63) is 64.4 Å². The molecule has 0 aliphatic heterocycles. The Balaban J connectivity index is 1.61. The quantitative estimate of drug-likeness (QED) is 0.741. The van der Waals surface area contributed by atoms with Crippen molar-refractivity contribution < 1.29 is 9.13 Å². The van der Waals surface area contributed by atoms with E-state index in [0.717, 1.165) is 11.1 Å². The van der Waals surface area contributed by atoms with Gasteiger partial charge < -0.3 is 10.1 Å². The number of tetrazole rings is 1. The zero-order valence-electron chi connectivity index (χ0n) is 12.9. The maximum absolute atomic E-state index is 13.0. The summed E-state index contributed by atoms with van der Waals surface area (Å²) in [6.07, 6.45) is 0. The van der Waals surface area contributed by atoms with E-state index >= 15 is 0 Å². The number of benzene rings is 2. The van der Waals surface area contributed by atoms with Crippen LogP contribution >= 0.6 is 11.6 Å². The minimum Gasteiger partial charge on any atom is -0.489 e. The van der Waals surface area contributed by atoms with Crippen LogP contribution in [0.1, 0.15) is 11.1 Å². The van der Waals surface area contributed by atoms with E-state index in [4.69, 9.17) is 16.3 Å². The first-order valence-electron chi connectivity index (χ1n) is 7.24. The topological polar surface area (TPSA) is 64.9 Å². The molecule has 0 aliphatic rings. The van der Waals surface area contributed by atoms with Crippen LogP contribution in [0.2, 0.25) is 5.02 Å². The minimum atomic E-state index is -0.366. The van der Waals surface area contributed by atoms with Crippen molar-refractivity contribution in [2.75, 3.05) is 5.32 Å². The molecule has 0 atom stereocenters. The Labute approximate surface area is 143 Å². The van der Waals surface area contributed by atoms with Crippen LogP contribution in [-0.2, 0) is 20.2 Å². The summed E-state index contributed by atoms with van der Waals surface area (Å²) in [5, 5.41) is 14.7. The van der Waals surface area contributed by atoms with Crippen molar-refractivity contribution in [2.24, 2.45) is 7.05 Å². The summed E-state index contributed by atoms with van der Waals surface area (Å²) in [5.41, 5.74) is 1.74. The van der Waals surface area contributed by atoms with Crippen molar-refractivity contribution in [3.63, 3.8) is 0 Å². The first kappa shape index (κ1) is 16.2. The number of aryl methyl sites for hydroxylation is 1. The molecular weight excluding hydrogens is 333 g/mol. The molecule has 24 heavy (non-hydrogen) atoms. The lowest BCUT2D eigenvalue weighted by atomic mass is 10.2. The van der Waals surface area contributed by atoms with Crippen LogP contribution in [0.25, 0.3) is 0 Å². The van der Waals surface area contributed by atoms with Crippen LogP contribution in [0.15, 0.2) is 42.5 Å². The Kier molecular flexibility index (Phi) is 4.90. The largest absolute Gasteiger partial charge is 0.489 e. The highest BCUT2D eigenvalue weighted by Crippen LogP contribution is 2.21. The number of anilines is 1. The molecule has 0 fully saturated rings. The van der Waals surface area contributed by atoms with Gasteiger partial charge in [0.1, 0.15) is 18.2 Å². The number of aromatic nitrogens is 4. The van der Waals surface area contributed by atoms with Gasteiger partial charge in [-0.1, -0.05) is 34.9 Å². The number of rotatable bonds is 6. The van der Waals surface area contributed by atoms with E-state index in [2.05, 4.69) is 20.8 Å². The highest BCUT2D eigenvalue weighted by Gasteiger charge is 2.05. The Hall–Kier alpha value is -2.67. The zero-order valence-corrected chi connectivity index (χ0v) is 13.7. The Morgan fingerprint density at radius 2 is 2.12 bits per heavy atom. The van der Waals surface area contributed by atoms with Gasteiger partial charge in [-0.15, -0.1) is 0 Å². The summed E-state index contributed by atoms with van der Waals surface area (Å²) in [7, 11) is 1.76. The Morgan fingerprint density at radius 1 is 1.25 bits per heavy atom. The van der Waals surface area contributed by atoms with Gasteiger partial charge in [-0.05, 0) is 40.3 Å². The van der Waals surface area contributed by atoms with Crippen molar-refractivity contribution in [2.45, 2.75) is 13.2 Å². The fourth-order valence-corrected chi connectivity index (χ4v) is 2.33. The summed E-state index contributed by atoms with van der Waals surface area (Å²) in [6, 6.07) is 11.9. The molecule has 3 aromatic rings. The lowest BCUT2D eigenvalue weighted by Gasteiger charge is -2.10. The molecule has 2 aromatic carbocycles. The lowest BCUT2D eigenvalue weighted by Crippen LogP contribution is -2.06. The Morgan fingerprint density at radius 3 is 2.88 bits per heavy atom. The van der Waals surface area contributed by atoms with Crippen LogP contribution < -0.4 is 10.1 Å². The monoisotopic (exact) mass is 347 g/mol. The van der Waals surface area contributed by atoms with E-state index in [1.165, 1.54) is 12.1 Å². The maximum atomic E-state index is 13.0. The van der Waals surface area contributed by atoms with Gasteiger partial charge in [0.05, 0.1) is 5.02 Å². The normalized spacial score (nSPS) is 10.6. The summed E-state index contributed by atoms with van der Waals surface area (Å²) < 4.78 is 20.3. The summed E-state index contributed by atoms with van der Waals surface area (Å²) in [6.45, 7) is 0.825. The number of ether oxygens (including phenoxy) is 1. The average Bonchev–Trinajstić information content (AvgIpc) is 2.98. The zero-order chi connectivity index (χ0) is 16.9. The molecule has 124 valence electrons. The van der Waals surface area contributed by atoms with Crippen LogP contribution in [-0.4, -0.2) is 20.2 Å². The summed E-state index contributed by atoms with van der Waals surface area (Å²) >= 11 is 6.00. The van der Waals surface area contributed by atoms with Crippen molar-refractivity contribution in [1.29, 1.82) is 0 Å². The van der Waals surface area contributed by atoms with Crippen molar-refractivity contribution in [3.8, 4) is 5.75 Å². The highest BCUT2D eigenvalue weighted by atomic mass is 35.5. The first-order chi connectivity index (χ1) is 11.6. The smallest absolute Gasteiger partial charge is 0.242 e. The molecule has 0 bridgehead atoms. The molecular formula is C16H15ClFN5O. The standard InChI is InChI=1S/C16H15ClFN5O/c1-23-16(20-21-22-23)19-9-11-3-2-4-14(7-11)24-10-12-5-6-13(18)8-15(12)17/h2-8H,9-10H2,1H3,(H,19,20,22). The van der Waals surface area contributed by atoms with Crippen molar-refractivity contribution in [1.82, 2.24) is 20.2 Å². The molecule has 1 aromatic heterocycles. The number of halogens is 2. The second-order valence-electron chi connectivity index (χ2n) is 5.15. The van der Waals surface area contributed by atoms with Gasteiger partial charge in [0, 0.05) is 19.2 Å². The third-order valence-corrected chi connectivity index (χ3v) is 3.73. The molecule has 3 rings (SSSR count). The van der Waals surface area contributed by atoms with Gasteiger partial charge in [0.25, 0.3) is 0 Å². The molecule has 0 saturated carbocycles. The Bertz CT molecular complexity index is 839. The van der Waals surface area contributed by atoms with Gasteiger partial charge in [-0.25, -0.2) is 9.07 Å². The molecule has 1 N–H and O–H groups in total. The van der Waals surface area contributed by atoms with E-state index in [1.54, 1.807) is 17.8 Å². The highest BCUT2D eigenvalue weighted by molar-refractivity contribution is 6.31. The fourth-order valence-electron chi connectivity index (χ4n) is 2.11. The van der Waals surface area contributed by atoms with Crippen molar-refractivity contribution >= 4 is 17.5 Å². The van der Waals surface area contributed by atoms with Gasteiger partial charge in [0.15, 0.2) is 0 Å². The number of nitrogens with one attached hydrogen (secondary N) is 1. The second kappa shape index (κ2) is 7.27. The minimum absolute atomic E-state index is 0.267. The van der Waals surface area contributed by atoms with Crippen LogP contribution in [0, 0.1) is 5.82 Å². The number of hydrogen-bond donors (Lipinski definition) is 1. The number of hydrogen-bond acceptors (Lipinski definition) is 5. The molecule has 8 heteroatoms. The molecule has 1 heterocycles. The van der Waals surface area contributed by atoms with Gasteiger partial charge in [-0.2, -0.15) is 0 Å². The molecule has 0 saturated heterocycles. The predicted octanol–water partition coefficient (Wildman–Crippen LogP) is 3.19. The van der Waals surface area contributed by atoms with Crippen LogP contribution in [0.4, 0.5) is 10.3 Å².